The molecule has 0 radical (unpaired) electrons. The van der Waals surface area contributed by atoms with Crippen LogP contribution in [-0.2, 0) is 4.74 Å². The summed E-state index contributed by atoms with van der Waals surface area (Å²) >= 11 is 0. The van der Waals surface area contributed by atoms with Gasteiger partial charge in [-0.25, -0.2) is 0 Å². The highest BCUT2D eigenvalue weighted by atomic mass is 19.4. The minimum atomic E-state index is -4.10. The summed E-state index contributed by atoms with van der Waals surface area (Å²) in [6, 6.07) is 0. The second kappa shape index (κ2) is 6.21. The Morgan fingerprint density at radius 3 is 2.83 bits per heavy atom. The molecule has 2 fully saturated rings. The molecule has 2 aliphatic rings. The lowest BCUT2D eigenvalue weighted by molar-refractivity contribution is -0.175. The van der Waals surface area contributed by atoms with Crippen molar-refractivity contribution in [3.63, 3.8) is 0 Å². The van der Waals surface area contributed by atoms with Gasteiger partial charge in [0.15, 0.2) is 0 Å². The number of rotatable bonds is 3. The second-order valence-corrected chi connectivity index (χ2v) is 5.17. The number of halogens is 3. The molecule has 2 atom stereocenters. The summed E-state index contributed by atoms with van der Waals surface area (Å²) in [4.78, 5) is 1.92. The van der Waals surface area contributed by atoms with E-state index in [-0.39, 0.29) is 19.2 Å². The number of nitrogens with one attached hydrogen (secondary N) is 1. The smallest absolute Gasteiger partial charge is 0.378 e. The van der Waals surface area contributed by atoms with Crippen molar-refractivity contribution in [1.29, 1.82) is 0 Å². The molecule has 0 aliphatic carbocycles. The maximum absolute atomic E-state index is 12.7. The third-order valence-corrected chi connectivity index (χ3v) is 3.73. The molecule has 6 heteroatoms. The van der Waals surface area contributed by atoms with Gasteiger partial charge in [0, 0.05) is 39.3 Å². The molecular formula is C12H21F3N2O. The number of hydrogen-bond donors (Lipinski definition) is 1. The minimum Gasteiger partial charge on any atom is -0.378 e. The lowest BCUT2D eigenvalue weighted by Gasteiger charge is -2.26. The molecule has 2 unspecified atom stereocenters. The standard InChI is InChI=1S/C12H21F3N2O/c13-12(14,15)10-8-16-4-6-17(9-10)5-3-11-2-1-7-18-11/h10-11,16H,1-9H2. The van der Waals surface area contributed by atoms with Crippen LogP contribution < -0.4 is 5.32 Å². The van der Waals surface area contributed by atoms with Crippen molar-refractivity contribution in [2.75, 3.05) is 39.3 Å². The molecule has 2 rings (SSSR count). The zero-order chi connectivity index (χ0) is 13.0. The van der Waals surface area contributed by atoms with Gasteiger partial charge in [0.2, 0.25) is 0 Å². The molecule has 2 saturated heterocycles. The van der Waals surface area contributed by atoms with Crippen LogP contribution in [0, 0.1) is 5.92 Å². The van der Waals surface area contributed by atoms with Gasteiger partial charge in [0.1, 0.15) is 0 Å². The molecular weight excluding hydrogens is 245 g/mol. The Morgan fingerprint density at radius 2 is 2.17 bits per heavy atom. The summed E-state index contributed by atoms with van der Waals surface area (Å²) in [5.41, 5.74) is 0. The molecule has 2 heterocycles. The number of alkyl halides is 3. The fraction of sp³-hybridized carbons (Fsp3) is 1.00. The normalized spacial score (nSPS) is 31.5. The van der Waals surface area contributed by atoms with E-state index in [1.54, 1.807) is 0 Å². The molecule has 0 aromatic heterocycles. The zero-order valence-electron chi connectivity index (χ0n) is 10.5. The molecule has 3 nitrogen and oxygen atoms in total. The van der Waals surface area contributed by atoms with Crippen molar-refractivity contribution in [1.82, 2.24) is 10.2 Å². The molecule has 106 valence electrons. The van der Waals surface area contributed by atoms with Gasteiger partial charge in [-0.1, -0.05) is 0 Å². The van der Waals surface area contributed by atoms with Crippen LogP contribution in [0.5, 0.6) is 0 Å². The molecule has 0 aromatic rings. The third-order valence-electron chi connectivity index (χ3n) is 3.73. The average Bonchev–Trinajstić information content (AvgIpc) is 2.69. The SMILES string of the molecule is FC(F)(F)C1CNCCN(CCC2CCCO2)C1. The lowest BCUT2D eigenvalue weighted by atomic mass is 10.1. The van der Waals surface area contributed by atoms with E-state index in [0.717, 1.165) is 25.9 Å². The Hall–Kier alpha value is -0.330. The summed E-state index contributed by atoms with van der Waals surface area (Å²) in [6.07, 6.45) is -0.860. The third kappa shape index (κ3) is 4.10. The van der Waals surface area contributed by atoms with E-state index in [9.17, 15) is 13.2 Å². The van der Waals surface area contributed by atoms with Crippen molar-refractivity contribution in [3.8, 4) is 0 Å². The van der Waals surface area contributed by atoms with E-state index in [4.69, 9.17) is 4.74 Å². The van der Waals surface area contributed by atoms with E-state index < -0.39 is 12.1 Å². The number of ether oxygens (including phenoxy) is 1. The van der Waals surface area contributed by atoms with Crippen molar-refractivity contribution < 1.29 is 17.9 Å². The van der Waals surface area contributed by atoms with E-state index in [1.165, 1.54) is 0 Å². The molecule has 0 saturated carbocycles. The number of nitrogens with zero attached hydrogens (tertiary/aromatic N) is 1. The van der Waals surface area contributed by atoms with Gasteiger partial charge < -0.3 is 15.0 Å². The fourth-order valence-corrected chi connectivity index (χ4v) is 2.60. The van der Waals surface area contributed by atoms with Crippen molar-refractivity contribution in [3.05, 3.63) is 0 Å². The lowest BCUT2D eigenvalue weighted by Crippen LogP contribution is -2.39. The first-order chi connectivity index (χ1) is 8.55. The van der Waals surface area contributed by atoms with Crippen LogP contribution in [0.3, 0.4) is 0 Å². The first-order valence-electron chi connectivity index (χ1n) is 6.67. The molecule has 0 bridgehead atoms. The van der Waals surface area contributed by atoms with Gasteiger partial charge in [-0.2, -0.15) is 13.2 Å². The average molecular weight is 266 g/mol. The topological polar surface area (TPSA) is 24.5 Å². The molecule has 0 amide bonds. The largest absolute Gasteiger partial charge is 0.394 e. The van der Waals surface area contributed by atoms with Crippen LogP contribution in [0.2, 0.25) is 0 Å². The van der Waals surface area contributed by atoms with E-state index >= 15 is 0 Å². The maximum Gasteiger partial charge on any atom is 0.394 e. The summed E-state index contributed by atoms with van der Waals surface area (Å²) in [6.45, 7) is 3.00. The van der Waals surface area contributed by atoms with Crippen LogP contribution >= 0.6 is 0 Å². The van der Waals surface area contributed by atoms with Gasteiger partial charge in [0.05, 0.1) is 12.0 Å². The van der Waals surface area contributed by atoms with Crippen LogP contribution in [0.15, 0.2) is 0 Å². The van der Waals surface area contributed by atoms with Gasteiger partial charge >= 0.3 is 6.18 Å². The highest BCUT2D eigenvalue weighted by molar-refractivity contribution is 4.79. The van der Waals surface area contributed by atoms with E-state index in [0.29, 0.717) is 19.6 Å². The predicted molar refractivity (Wildman–Crippen MR) is 62.4 cm³/mol. The van der Waals surface area contributed by atoms with Crippen LogP contribution in [0.4, 0.5) is 13.2 Å². The molecule has 18 heavy (non-hydrogen) atoms. The molecule has 0 aromatic carbocycles. The van der Waals surface area contributed by atoms with Crippen molar-refractivity contribution in [2.24, 2.45) is 5.92 Å². The molecule has 2 aliphatic heterocycles. The predicted octanol–water partition coefficient (Wildman–Crippen LogP) is 1.64. The summed E-state index contributed by atoms with van der Waals surface area (Å²) in [7, 11) is 0. The van der Waals surface area contributed by atoms with Crippen molar-refractivity contribution in [2.45, 2.75) is 31.5 Å². The monoisotopic (exact) mass is 266 g/mol. The zero-order valence-corrected chi connectivity index (χ0v) is 10.5. The summed E-state index contributed by atoms with van der Waals surface area (Å²) in [5.74, 6) is -1.25. The fourth-order valence-electron chi connectivity index (χ4n) is 2.60. The second-order valence-electron chi connectivity index (χ2n) is 5.17. The van der Waals surface area contributed by atoms with Crippen LogP contribution in [0.25, 0.3) is 0 Å². The minimum absolute atomic E-state index is 0.0416. The Bertz CT molecular complexity index is 254. The van der Waals surface area contributed by atoms with Gasteiger partial charge in [0.25, 0.3) is 0 Å². The first kappa shape index (κ1) is 14.1. The van der Waals surface area contributed by atoms with Crippen molar-refractivity contribution >= 4 is 0 Å². The highest BCUT2D eigenvalue weighted by Crippen LogP contribution is 2.27. The first-order valence-corrected chi connectivity index (χ1v) is 6.67. The van der Waals surface area contributed by atoms with E-state index in [1.807, 2.05) is 4.90 Å². The quantitative estimate of drug-likeness (QED) is 0.840. The van der Waals surface area contributed by atoms with Gasteiger partial charge in [-0.3, -0.25) is 0 Å². The molecule has 1 N–H and O–H groups in total. The summed E-state index contributed by atoms with van der Waals surface area (Å²) < 4.78 is 43.7. The molecule has 0 spiro atoms. The maximum atomic E-state index is 12.7. The van der Waals surface area contributed by atoms with Gasteiger partial charge in [-0.15, -0.1) is 0 Å². The Balaban J connectivity index is 1.79. The van der Waals surface area contributed by atoms with E-state index in [2.05, 4.69) is 5.32 Å². The number of hydrogen-bond acceptors (Lipinski definition) is 3. The Kier molecular flexibility index (Phi) is 4.86. The van der Waals surface area contributed by atoms with Crippen LogP contribution in [0.1, 0.15) is 19.3 Å². The Labute approximate surface area is 106 Å². The Morgan fingerprint density at radius 1 is 1.33 bits per heavy atom. The van der Waals surface area contributed by atoms with Gasteiger partial charge in [-0.05, 0) is 19.3 Å². The van der Waals surface area contributed by atoms with Crippen LogP contribution in [-0.4, -0.2) is 56.5 Å². The summed E-state index contributed by atoms with van der Waals surface area (Å²) in [5, 5.41) is 2.87. The highest BCUT2D eigenvalue weighted by Gasteiger charge is 2.40.